The highest BCUT2D eigenvalue weighted by Gasteiger charge is 2.21. The van der Waals surface area contributed by atoms with E-state index in [1.165, 1.54) is 0 Å². The van der Waals surface area contributed by atoms with Crippen LogP contribution in [0.5, 0.6) is 0 Å². The van der Waals surface area contributed by atoms with Gasteiger partial charge in [0.25, 0.3) is 0 Å². The second kappa shape index (κ2) is 3.20. The van der Waals surface area contributed by atoms with Crippen molar-refractivity contribution in [3.63, 3.8) is 0 Å². The highest BCUT2D eigenvalue weighted by atomic mass is 127. The molecule has 2 aromatic rings. The second-order valence-electron chi connectivity index (χ2n) is 3.82. The van der Waals surface area contributed by atoms with Crippen molar-refractivity contribution in [1.29, 1.82) is 0 Å². The molecule has 0 radical (unpaired) electrons. The van der Waals surface area contributed by atoms with Crippen LogP contribution in [0.1, 0.15) is 19.5 Å². The molecule has 3 nitrogen and oxygen atoms in total. The zero-order valence-corrected chi connectivity index (χ0v) is 10.2. The van der Waals surface area contributed by atoms with Gasteiger partial charge in [-0.2, -0.15) is 5.10 Å². The van der Waals surface area contributed by atoms with Gasteiger partial charge in [-0.1, -0.05) is 0 Å². The molecule has 4 heteroatoms. The largest absolute Gasteiger partial charge is 0.384 e. The molecular weight excluding hydrogens is 291 g/mol. The number of nitrogens with one attached hydrogen (secondary N) is 1. The van der Waals surface area contributed by atoms with Gasteiger partial charge in [-0.25, -0.2) is 0 Å². The van der Waals surface area contributed by atoms with E-state index in [1.54, 1.807) is 13.8 Å². The van der Waals surface area contributed by atoms with Gasteiger partial charge in [-0.3, -0.25) is 5.10 Å². The summed E-state index contributed by atoms with van der Waals surface area (Å²) in [6.07, 6.45) is 0. The molecule has 0 aliphatic heterocycles. The maximum atomic E-state index is 9.89. The van der Waals surface area contributed by atoms with Crippen molar-refractivity contribution < 1.29 is 5.11 Å². The van der Waals surface area contributed by atoms with Crippen LogP contribution in [-0.4, -0.2) is 15.3 Å². The van der Waals surface area contributed by atoms with E-state index >= 15 is 0 Å². The normalized spacial score (nSPS) is 12.3. The fraction of sp³-hybridized carbons (Fsp3) is 0.300. The Labute approximate surface area is 95.7 Å². The van der Waals surface area contributed by atoms with Gasteiger partial charge in [-0.05, 0) is 54.6 Å². The summed E-state index contributed by atoms with van der Waals surface area (Å²) in [6, 6.07) is 5.97. The molecule has 0 aliphatic rings. The molecule has 0 amide bonds. The van der Waals surface area contributed by atoms with E-state index in [0.717, 1.165) is 20.2 Å². The number of hydrogen-bond donors (Lipinski definition) is 2. The summed E-state index contributed by atoms with van der Waals surface area (Å²) in [7, 11) is 0. The van der Waals surface area contributed by atoms with Crippen molar-refractivity contribution in [2.75, 3.05) is 0 Å². The minimum Gasteiger partial charge on any atom is -0.384 e. The number of halogens is 1. The molecule has 1 aromatic heterocycles. The molecule has 1 aromatic carbocycles. The molecule has 1 heterocycles. The van der Waals surface area contributed by atoms with Crippen LogP contribution in [0.4, 0.5) is 0 Å². The predicted octanol–water partition coefficient (Wildman–Crippen LogP) is 2.39. The number of fused-ring (bicyclic) bond motifs is 1. The van der Waals surface area contributed by atoms with Crippen molar-refractivity contribution in [1.82, 2.24) is 10.2 Å². The molecule has 0 spiro atoms. The van der Waals surface area contributed by atoms with Crippen LogP contribution < -0.4 is 0 Å². The van der Waals surface area contributed by atoms with Crippen LogP contribution >= 0.6 is 22.6 Å². The predicted molar refractivity (Wildman–Crippen MR) is 64.1 cm³/mol. The van der Waals surface area contributed by atoms with Crippen molar-refractivity contribution in [2.24, 2.45) is 0 Å². The highest BCUT2D eigenvalue weighted by molar-refractivity contribution is 14.1. The van der Waals surface area contributed by atoms with Crippen LogP contribution in [0.2, 0.25) is 0 Å². The smallest absolute Gasteiger partial charge is 0.101 e. The zero-order valence-electron chi connectivity index (χ0n) is 8.00. The average molecular weight is 302 g/mol. The van der Waals surface area contributed by atoms with Crippen molar-refractivity contribution in [3.8, 4) is 0 Å². The summed E-state index contributed by atoms with van der Waals surface area (Å²) in [5, 5.41) is 17.9. The first kappa shape index (κ1) is 9.92. The first-order chi connectivity index (χ1) is 6.48. The highest BCUT2D eigenvalue weighted by Crippen LogP contribution is 2.26. The Hall–Kier alpha value is -0.620. The van der Waals surface area contributed by atoms with Gasteiger partial charge in [0.05, 0.1) is 11.2 Å². The standard InChI is InChI=1S/C10H11IN2O/c1-10(2,14)9-7-5-6(11)3-4-8(7)12-13-9/h3-5,14H,1-2H3,(H,12,13). The maximum Gasteiger partial charge on any atom is 0.101 e. The molecule has 0 fully saturated rings. The van der Waals surface area contributed by atoms with Gasteiger partial charge < -0.3 is 5.11 Å². The van der Waals surface area contributed by atoms with Crippen LogP contribution in [-0.2, 0) is 5.60 Å². The summed E-state index contributed by atoms with van der Waals surface area (Å²) in [4.78, 5) is 0. The summed E-state index contributed by atoms with van der Waals surface area (Å²) in [5.41, 5.74) is 0.785. The lowest BCUT2D eigenvalue weighted by molar-refractivity contribution is 0.0753. The minimum atomic E-state index is -0.876. The van der Waals surface area contributed by atoms with Gasteiger partial charge in [0, 0.05) is 8.96 Å². The van der Waals surface area contributed by atoms with Crippen LogP contribution in [0.3, 0.4) is 0 Å². The summed E-state index contributed by atoms with van der Waals surface area (Å²) < 4.78 is 1.14. The number of aromatic nitrogens is 2. The number of aromatic amines is 1. The van der Waals surface area contributed by atoms with Gasteiger partial charge in [0.2, 0.25) is 0 Å². The second-order valence-corrected chi connectivity index (χ2v) is 5.06. The number of hydrogen-bond acceptors (Lipinski definition) is 2. The van der Waals surface area contributed by atoms with Gasteiger partial charge in [-0.15, -0.1) is 0 Å². The molecule has 14 heavy (non-hydrogen) atoms. The quantitative estimate of drug-likeness (QED) is 0.795. The Morgan fingerprint density at radius 2 is 2.14 bits per heavy atom. The molecule has 74 valence electrons. The van der Waals surface area contributed by atoms with E-state index in [1.807, 2.05) is 18.2 Å². The molecule has 0 saturated carbocycles. The van der Waals surface area contributed by atoms with E-state index < -0.39 is 5.60 Å². The number of aliphatic hydroxyl groups is 1. The van der Waals surface area contributed by atoms with Gasteiger partial charge in [0.1, 0.15) is 5.60 Å². The van der Waals surface area contributed by atoms with Crippen molar-refractivity contribution in [2.45, 2.75) is 19.4 Å². The molecular formula is C10H11IN2O. The molecule has 0 bridgehead atoms. The zero-order chi connectivity index (χ0) is 10.3. The Kier molecular flexibility index (Phi) is 2.27. The third-order valence-electron chi connectivity index (χ3n) is 2.13. The van der Waals surface area contributed by atoms with E-state index in [9.17, 15) is 5.11 Å². The first-order valence-corrected chi connectivity index (χ1v) is 5.43. The lowest BCUT2D eigenvalue weighted by Crippen LogP contribution is -2.16. The summed E-state index contributed by atoms with van der Waals surface area (Å²) in [5.74, 6) is 0. The van der Waals surface area contributed by atoms with E-state index in [4.69, 9.17) is 0 Å². The lowest BCUT2D eigenvalue weighted by Gasteiger charge is -2.15. The number of nitrogens with zero attached hydrogens (tertiary/aromatic N) is 1. The van der Waals surface area contributed by atoms with Crippen LogP contribution in [0.15, 0.2) is 18.2 Å². The van der Waals surface area contributed by atoms with E-state index in [0.29, 0.717) is 0 Å². The van der Waals surface area contributed by atoms with Crippen LogP contribution in [0.25, 0.3) is 10.9 Å². The Morgan fingerprint density at radius 1 is 1.43 bits per heavy atom. The first-order valence-electron chi connectivity index (χ1n) is 4.35. The number of benzene rings is 1. The van der Waals surface area contributed by atoms with Gasteiger partial charge >= 0.3 is 0 Å². The Balaban J connectivity index is 2.73. The van der Waals surface area contributed by atoms with E-state index in [2.05, 4.69) is 32.8 Å². The Morgan fingerprint density at radius 3 is 2.79 bits per heavy atom. The fourth-order valence-electron chi connectivity index (χ4n) is 1.45. The average Bonchev–Trinajstić information content (AvgIpc) is 2.45. The lowest BCUT2D eigenvalue weighted by atomic mass is 10.0. The fourth-order valence-corrected chi connectivity index (χ4v) is 1.94. The van der Waals surface area contributed by atoms with Gasteiger partial charge in [0.15, 0.2) is 0 Å². The van der Waals surface area contributed by atoms with Crippen LogP contribution in [0, 0.1) is 3.57 Å². The third-order valence-corrected chi connectivity index (χ3v) is 2.80. The monoisotopic (exact) mass is 302 g/mol. The molecule has 0 unspecified atom stereocenters. The maximum absolute atomic E-state index is 9.89. The van der Waals surface area contributed by atoms with Crippen molar-refractivity contribution in [3.05, 3.63) is 27.5 Å². The topological polar surface area (TPSA) is 48.9 Å². The summed E-state index contributed by atoms with van der Waals surface area (Å²) in [6.45, 7) is 3.50. The third kappa shape index (κ3) is 1.64. The molecule has 0 saturated heterocycles. The van der Waals surface area contributed by atoms with E-state index in [-0.39, 0.29) is 0 Å². The Bertz CT molecular complexity index is 470. The number of H-pyrrole nitrogens is 1. The molecule has 0 aliphatic carbocycles. The molecule has 2 rings (SSSR count). The SMILES string of the molecule is CC(C)(O)c1[nH]nc2ccc(I)cc12. The van der Waals surface area contributed by atoms with Crippen molar-refractivity contribution >= 4 is 33.5 Å². The summed E-state index contributed by atoms with van der Waals surface area (Å²) >= 11 is 2.25. The minimum absolute atomic E-state index is 0.769. The molecule has 2 N–H and O–H groups in total. The number of rotatable bonds is 1. The molecule has 0 atom stereocenters.